The first-order valence-corrected chi connectivity index (χ1v) is 12.1. The minimum absolute atomic E-state index is 0.0866. The smallest absolute Gasteiger partial charge is 0.264 e. The van der Waals surface area contributed by atoms with Gasteiger partial charge in [-0.05, 0) is 62.0 Å². The van der Waals surface area contributed by atoms with Gasteiger partial charge in [0.1, 0.15) is 6.54 Å². The lowest BCUT2D eigenvalue weighted by Gasteiger charge is -2.25. The number of carbonyl (C=O) groups is 1. The van der Waals surface area contributed by atoms with Crippen LogP contribution in [0.5, 0.6) is 0 Å². The van der Waals surface area contributed by atoms with Crippen molar-refractivity contribution in [2.24, 2.45) is 5.10 Å². The van der Waals surface area contributed by atoms with E-state index in [4.69, 9.17) is 11.6 Å². The molecule has 6 nitrogen and oxygen atoms in total. The summed E-state index contributed by atoms with van der Waals surface area (Å²) in [5, 5.41) is 6.42. The normalized spacial score (nSPS) is 11.9. The Balaban J connectivity index is 1.94. The monoisotopic (exact) mass is 475 g/mol. The standard InChI is InChI=1S/C22H22ClN3O3S2/c1-15-9-11-18(12-10-15)31(28,29)26(20-7-4-6-19(23)16(20)2)14-22(27)25-24-17(3)21-8-5-13-30-21/h4-13H,14H2,1-3H3,(H,25,27)/b24-17-. The average molecular weight is 476 g/mol. The Hall–Kier alpha value is -2.68. The number of nitrogens with zero attached hydrogens (tertiary/aromatic N) is 2. The van der Waals surface area contributed by atoms with E-state index in [1.165, 1.54) is 23.5 Å². The summed E-state index contributed by atoms with van der Waals surface area (Å²) >= 11 is 7.72. The van der Waals surface area contributed by atoms with E-state index in [9.17, 15) is 13.2 Å². The van der Waals surface area contributed by atoms with Crippen molar-refractivity contribution >= 4 is 50.3 Å². The van der Waals surface area contributed by atoms with Gasteiger partial charge in [-0.25, -0.2) is 13.8 Å². The summed E-state index contributed by atoms with van der Waals surface area (Å²) in [6.45, 7) is 4.91. The second kappa shape index (κ2) is 9.64. The molecule has 0 spiro atoms. The summed E-state index contributed by atoms with van der Waals surface area (Å²) in [5.74, 6) is -0.564. The van der Waals surface area contributed by atoms with Crippen LogP contribution in [0.2, 0.25) is 5.02 Å². The molecule has 0 saturated heterocycles. The lowest BCUT2D eigenvalue weighted by atomic mass is 10.2. The maximum Gasteiger partial charge on any atom is 0.264 e. The number of rotatable bonds is 7. The topological polar surface area (TPSA) is 78.8 Å². The zero-order valence-corrected chi connectivity index (χ0v) is 19.7. The van der Waals surface area contributed by atoms with E-state index in [2.05, 4.69) is 10.5 Å². The molecule has 2 aromatic carbocycles. The van der Waals surface area contributed by atoms with Gasteiger partial charge in [-0.3, -0.25) is 9.10 Å². The fraction of sp³-hybridized carbons (Fsp3) is 0.182. The summed E-state index contributed by atoms with van der Waals surface area (Å²) in [5.41, 5.74) is 4.92. The van der Waals surface area contributed by atoms with Crippen LogP contribution in [-0.4, -0.2) is 26.6 Å². The lowest BCUT2D eigenvalue weighted by molar-refractivity contribution is -0.119. The van der Waals surface area contributed by atoms with Crippen LogP contribution in [0.4, 0.5) is 5.69 Å². The molecule has 9 heteroatoms. The van der Waals surface area contributed by atoms with Gasteiger partial charge in [0.15, 0.2) is 0 Å². The van der Waals surface area contributed by atoms with Crippen LogP contribution < -0.4 is 9.73 Å². The van der Waals surface area contributed by atoms with Crippen molar-refractivity contribution < 1.29 is 13.2 Å². The third kappa shape index (κ3) is 5.33. The first-order valence-electron chi connectivity index (χ1n) is 9.41. The molecule has 0 unspecified atom stereocenters. The first-order chi connectivity index (χ1) is 14.7. The molecule has 0 bridgehead atoms. The molecular formula is C22H22ClN3O3S2. The van der Waals surface area contributed by atoms with Gasteiger partial charge in [-0.1, -0.05) is 41.4 Å². The quantitative estimate of drug-likeness (QED) is 0.395. The van der Waals surface area contributed by atoms with Gasteiger partial charge in [0.05, 0.1) is 16.3 Å². The van der Waals surface area contributed by atoms with Crippen molar-refractivity contribution in [1.29, 1.82) is 0 Å². The molecule has 1 aromatic heterocycles. The number of thiophene rings is 1. The zero-order chi connectivity index (χ0) is 22.6. The van der Waals surface area contributed by atoms with Crippen LogP contribution in [0, 0.1) is 13.8 Å². The Morgan fingerprint density at radius 1 is 1.10 bits per heavy atom. The second-order valence-corrected chi connectivity index (χ2v) is 10.1. The Labute approximate surface area is 191 Å². The largest absolute Gasteiger partial charge is 0.271 e. The van der Waals surface area contributed by atoms with E-state index >= 15 is 0 Å². The SMILES string of the molecule is C/C(=N/NC(=O)CN(c1cccc(Cl)c1C)S(=O)(=O)c1ccc(C)cc1)c1cccs1. The number of nitrogens with one attached hydrogen (secondary N) is 1. The summed E-state index contributed by atoms with van der Waals surface area (Å²) in [4.78, 5) is 13.7. The van der Waals surface area contributed by atoms with Crippen molar-refractivity contribution in [3.05, 3.63) is 81.0 Å². The van der Waals surface area contributed by atoms with Crippen LogP contribution in [-0.2, 0) is 14.8 Å². The second-order valence-electron chi connectivity index (χ2n) is 6.92. The van der Waals surface area contributed by atoms with Crippen LogP contribution in [0.15, 0.2) is 70.0 Å². The molecular weight excluding hydrogens is 454 g/mol. The molecule has 0 aliphatic heterocycles. The maximum atomic E-state index is 13.4. The van der Waals surface area contributed by atoms with Crippen LogP contribution >= 0.6 is 22.9 Å². The van der Waals surface area contributed by atoms with Crippen molar-refractivity contribution in [2.45, 2.75) is 25.7 Å². The highest BCUT2D eigenvalue weighted by Crippen LogP contribution is 2.30. The zero-order valence-electron chi connectivity index (χ0n) is 17.3. The third-order valence-corrected chi connectivity index (χ3v) is 7.79. The highest BCUT2D eigenvalue weighted by molar-refractivity contribution is 7.92. The predicted molar refractivity (Wildman–Crippen MR) is 127 cm³/mol. The fourth-order valence-corrected chi connectivity index (χ4v) is 5.18. The number of amides is 1. The lowest BCUT2D eigenvalue weighted by Crippen LogP contribution is -2.40. The van der Waals surface area contributed by atoms with Crippen LogP contribution in [0.3, 0.4) is 0 Å². The number of hydrogen-bond donors (Lipinski definition) is 1. The molecule has 31 heavy (non-hydrogen) atoms. The molecule has 0 aliphatic carbocycles. The maximum absolute atomic E-state index is 13.4. The van der Waals surface area contributed by atoms with E-state index in [0.717, 1.165) is 14.7 Å². The minimum Gasteiger partial charge on any atom is -0.271 e. The number of benzene rings is 2. The van der Waals surface area contributed by atoms with Gasteiger partial charge in [-0.2, -0.15) is 5.10 Å². The van der Waals surface area contributed by atoms with Gasteiger partial charge in [0.25, 0.3) is 15.9 Å². The van der Waals surface area contributed by atoms with Gasteiger partial charge >= 0.3 is 0 Å². The van der Waals surface area contributed by atoms with Crippen molar-refractivity contribution in [3.63, 3.8) is 0 Å². The number of carbonyl (C=O) groups excluding carboxylic acids is 1. The summed E-state index contributed by atoms with van der Waals surface area (Å²) in [6, 6.07) is 15.2. The molecule has 0 radical (unpaired) electrons. The molecule has 0 saturated carbocycles. The van der Waals surface area contributed by atoms with Crippen molar-refractivity contribution in [2.75, 3.05) is 10.8 Å². The molecule has 0 atom stereocenters. The predicted octanol–water partition coefficient (Wildman–Crippen LogP) is 4.75. The summed E-state index contributed by atoms with van der Waals surface area (Å²) < 4.78 is 27.9. The molecule has 1 N–H and O–H groups in total. The minimum atomic E-state index is -4.02. The summed E-state index contributed by atoms with van der Waals surface area (Å²) in [6.07, 6.45) is 0. The van der Waals surface area contributed by atoms with E-state index in [1.807, 2.05) is 24.4 Å². The number of hydrazone groups is 1. The Kier molecular flexibility index (Phi) is 7.15. The number of hydrogen-bond acceptors (Lipinski definition) is 5. The molecule has 0 fully saturated rings. The van der Waals surface area contributed by atoms with Crippen LogP contribution in [0.25, 0.3) is 0 Å². The number of aryl methyl sites for hydroxylation is 1. The molecule has 1 amide bonds. The van der Waals surface area contributed by atoms with E-state index in [-0.39, 0.29) is 4.90 Å². The molecule has 3 rings (SSSR count). The summed E-state index contributed by atoms with van der Waals surface area (Å²) in [7, 11) is -4.02. The van der Waals surface area contributed by atoms with Gasteiger partial charge in [0.2, 0.25) is 0 Å². The molecule has 162 valence electrons. The Morgan fingerprint density at radius 3 is 2.45 bits per heavy atom. The highest BCUT2D eigenvalue weighted by Gasteiger charge is 2.28. The fourth-order valence-electron chi connectivity index (χ4n) is 2.85. The Bertz CT molecular complexity index is 1210. The van der Waals surface area contributed by atoms with Crippen molar-refractivity contribution in [1.82, 2.24) is 5.43 Å². The average Bonchev–Trinajstić information content (AvgIpc) is 3.28. The highest BCUT2D eigenvalue weighted by atomic mass is 35.5. The van der Waals surface area contributed by atoms with Gasteiger partial charge in [-0.15, -0.1) is 11.3 Å². The number of sulfonamides is 1. The van der Waals surface area contributed by atoms with Crippen molar-refractivity contribution in [3.8, 4) is 0 Å². The number of halogens is 1. The van der Waals surface area contributed by atoms with E-state index < -0.39 is 22.5 Å². The molecule has 0 aliphatic rings. The molecule has 1 heterocycles. The Morgan fingerprint density at radius 2 is 1.81 bits per heavy atom. The first kappa shape index (κ1) is 23.0. The molecule has 3 aromatic rings. The van der Waals surface area contributed by atoms with E-state index in [1.54, 1.807) is 44.2 Å². The number of anilines is 1. The van der Waals surface area contributed by atoms with Gasteiger partial charge < -0.3 is 0 Å². The van der Waals surface area contributed by atoms with Crippen LogP contribution in [0.1, 0.15) is 22.9 Å². The van der Waals surface area contributed by atoms with Gasteiger partial charge in [0, 0.05) is 9.90 Å². The third-order valence-electron chi connectivity index (χ3n) is 4.63. The van der Waals surface area contributed by atoms with E-state index in [0.29, 0.717) is 22.0 Å².